The summed E-state index contributed by atoms with van der Waals surface area (Å²) in [5, 5.41) is 0.843. The molecule has 0 aliphatic rings. The number of thiophene rings is 1. The van der Waals surface area contributed by atoms with Gasteiger partial charge in [0, 0.05) is 26.9 Å². The van der Waals surface area contributed by atoms with E-state index in [0.29, 0.717) is 16.8 Å². The third kappa shape index (κ3) is 3.71. The van der Waals surface area contributed by atoms with Gasteiger partial charge in [0.25, 0.3) is 0 Å². The van der Waals surface area contributed by atoms with Crippen molar-refractivity contribution in [3.63, 3.8) is 0 Å². The molecular weight excluding hydrogens is 378 g/mol. The Labute approximate surface area is 172 Å². The second-order valence-corrected chi connectivity index (χ2v) is 7.64. The first-order valence-corrected chi connectivity index (χ1v) is 9.90. The normalized spacial score (nSPS) is 11.5. The van der Waals surface area contributed by atoms with Gasteiger partial charge in [-0.1, -0.05) is 49.6 Å². The molecule has 2 aromatic heterocycles. The quantitative estimate of drug-likeness (QED) is 0.237. The van der Waals surface area contributed by atoms with Gasteiger partial charge in [0.1, 0.15) is 5.58 Å². The Morgan fingerprint density at radius 2 is 1.83 bits per heavy atom. The van der Waals surface area contributed by atoms with Crippen LogP contribution in [-0.4, -0.2) is 0 Å². The minimum Gasteiger partial charge on any atom is -0.422 e. The van der Waals surface area contributed by atoms with Crippen molar-refractivity contribution in [3.8, 4) is 20.9 Å². The van der Waals surface area contributed by atoms with Crippen LogP contribution in [-0.2, 0) is 0 Å². The monoisotopic (exact) mass is 397 g/mol. The highest BCUT2D eigenvalue weighted by Crippen LogP contribution is 2.35. The number of nitrogen functional groups attached to an aromatic ring is 1. The van der Waals surface area contributed by atoms with E-state index in [9.17, 15) is 4.79 Å². The lowest BCUT2D eigenvalue weighted by molar-refractivity contribution is 0.564. The molecule has 4 aromatic rings. The van der Waals surface area contributed by atoms with Crippen molar-refractivity contribution in [2.45, 2.75) is 0 Å². The van der Waals surface area contributed by atoms with Gasteiger partial charge in [-0.25, -0.2) is 4.79 Å². The molecule has 29 heavy (non-hydrogen) atoms. The molecule has 3 nitrogen and oxygen atoms in total. The minimum absolute atomic E-state index is 0.367. The van der Waals surface area contributed by atoms with E-state index in [2.05, 4.69) is 25.3 Å². The van der Waals surface area contributed by atoms with Crippen LogP contribution < -0.4 is 11.4 Å². The number of hydrogen-bond acceptors (Lipinski definition) is 4. The molecule has 0 aliphatic heterocycles. The lowest BCUT2D eigenvalue weighted by atomic mass is 10.0. The van der Waals surface area contributed by atoms with Crippen molar-refractivity contribution in [1.82, 2.24) is 0 Å². The molecule has 0 unspecified atom stereocenters. The highest BCUT2D eigenvalue weighted by atomic mass is 32.1. The zero-order valence-electron chi connectivity index (χ0n) is 15.7. The smallest absolute Gasteiger partial charge is 0.345 e. The summed E-state index contributed by atoms with van der Waals surface area (Å²) in [6.45, 7) is 7.63. The molecule has 0 amide bonds. The molecule has 0 atom stereocenters. The second-order valence-electron chi connectivity index (χ2n) is 6.55. The van der Waals surface area contributed by atoms with Gasteiger partial charge in [-0.3, -0.25) is 0 Å². The predicted octanol–water partition coefficient (Wildman–Crippen LogP) is 6.53. The van der Waals surface area contributed by atoms with Crippen LogP contribution in [0, 0.1) is 0 Å². The molecule has 4 heteroatoms. The van der Waals surface area contributed by atoms with Crippen LogP contribution in [0.25, 0.3) is 37.4 Å². The van der Waals surface area contributed by atoms with Crippen LogP contribution in [0.3, 0.4) is 0 Å². The van der Waals surface area contributed by atoms with Gasteiger partial charge in [-0.15, -0.1) is 11.3 Å². The zero-order valence-corrected chi connectivity index (χ0v) is 16.5. The highest BCUT2D eigenvalue weighted by Gasteiger charge is 2.12. The molecular formula is C25H19NO2S. The number of hydrogen-bond donors (Lipinski definition) is 1. The Morgan fingerprint density at radius 3 is 2.62 bits per heavy atom. The van der Waals surface area contributed by atoms with Gasteiger partial charge in [0.2, 0.25) is 0 Å². The van der Waals surface area contributed by atoms with Crippen LogP contribution >= 0.6 is 11.3 Å². The Bertz CT molecular complexity index is 1320. The van der Waals surface area contributed by atoms with E-state index >= 15 is 0 Å². The van der Waals surface area contributed by atoms with E-state index in [4.69, 9.17) is 10.2 Å². The summed E-state index contributed by atoms with van der Waals surface area (Å²) in [5.41, 5.74) is 10.2. The van der Waals surface area contributed by atoms with Crippen LogP contribution in [0.1, 0.15) is 5.56 Å². The SMILES string of the molecule is C=C/C=C(\C=C)c1cccc(-c2ccc(-c3cc4ccc(N)cc4oc3=O)s2)c1. The molecule has 142 valence electrons. The van der Waals surface area contributed by atoms with Gasteiger partial charge < -0.3 is 10.2 Å². The standard InChI is InChI=1S/C25H19NO2S/c1-3-6-16(4-2)17-7-5-8-19(13-17)23-11-12-24(29-23)21-14-18-9-10-20(26)15-22(18)28-25(21)27/h3-15H,1-2,26H2/b16-6+. The van der Waals surface area contributed by atoms with E-state index in [1.54, 1.807) is 29.5 Å². The van der Waals surface area contributed by atoms with E-state index < -0.39 is 0 Å². The van der Waals surface area contributed by atoms with Gasteiger partial charge in [0.05, 0.1) is 5.56 Å². The van der Waals surface area contributed by atoms with Crippen LogP contribution in [0.15, 0.2) is 101 Å². The number of nitrogens with two attached hydrogens (primary N) is 1. The van der Waals surface area contributed by atoms with Gasteiger partial charge in [-0.05, 0) is 53.1 Å². The number of fused-ring (bicyclic) bond motifs is 1. The van der Waals surface area contributed by atoms with E-state index in [0.717, 1.165) is 31.8 Å². The van der Waals surface area contributed by atoms with Crippen LogP contribution in [0.5, 0.6) is 0 Å². The fraction of sp³-hybridized carbons (Fsp3) is 0. The summed E-state index contributed by atoms with van der Waals surface area (Å²) in [7, 11) is 0. The molecule has 2 heterocycles. The van der Waals surface area contributed by atoms with E-state index in [1.807, 2.05) is 48.6 Å². The van der Waals surface area contributed by atoms with Crippen molar-refractivity contribution >= 4 is 33.6 Å². The average Bonchev–Trinajstić information content (AvgIpc) is 3.21. The van der Waals surface area contributed by atoms with Gasteiger partial charge >= 0.3 is 5.63 Å². The highest BCUT2D eigenvalue weighted by molar-refractivity contribution is 7.18. The molecule has 0 aliphatic carbocycles. The Balaban J connectivity index is 1.75. The van der Waals surface area contributed by atoms with E-state index in [-0.39, 0.29) is 5.63 Å². The molecule has 0 bridgehead atoms. The lowest BCUT2D eigenvalue weighted by Gasteiger charge is -2.05. The summed E-state index contributed by atoms with van der Waals surface area (Å²) in [6.07, 6.45) is 5.49. The topological polar surface area (TPSA) is 56.2 Å². The van der Waals surface area contributed by atoms with Crippen LogP contribution in [0.4, 0.5) is 5.69 Å². The molecule has 0 fully saturated rings. The molecule has 4 rings (SSSR count). The first-order chi connectivity index (χ1) is 14.1. The Hall–Kier alpha value is -3.63. The summed E-state index contributed by atoms with van der Waals surface area (Å²) in [4.78, 5) is 14.5. The minimum atomic E-state index is -0.367. The summed E-state index contributed by atoms with van der Waals surface area (Å²) >= 11 is 1.56. The molecule has 0 spiro atoms. The number of rotatable bonds is 5. The number of anilines is 1. The zero-order chi connectivity index (χ0) is 20.4. The van der Waals surface area contributed by atoms with Gasteiger partial charge in [-0.2, -0.15) is 0 Å². The predicted molar refractivity (Wildman–Crippen MR) is 124 cm³/mol. The summed E-state index contributed by atoms with van der Waals surface area (Å²) < 4.78 is 5.48. The number of allylic oxidation sites excluding steroid dienone is 4. The fourth-order valence-electron chi connectivity index (χ4n) is 3.20. The van der Waals surface area contributed by atoms with Crippen molar-refractivity contribution < 1.29 is 4.42 Å². The fourth-order valence-corrected chi connectivity index (χ4v) is 4.20. The maximum absolute atomic E-state index is 12.5. The molecule has 2 N–H and O–H groups in total. The largest absolute Gasteiger partial charge is 0.422 e. The van der Waals surface area contributed by atoms with Gasteiger partial charge in [0.15, 0.2) is 0 Å². The van der Waals surface area contributed by atoms with E-state index in [1.165, 1.54) is 0 Å². The van der Waals surface area contributed by atoms with Crippen molar-refractivity contribution in [2.75, 3.05) is 5.73 Å². The Morgan fingerprint density at radius 1 is 1.00 bits per heavy atom. The van der Waals surface area contributed by atoms with Crippen LogP contribution in [0.2, 0.25) is 0 Å². The maximum Gasteiger partial charge on any atom is 0.345 e. The molecule has 2 aromatic carbocycles. The maximum atomic E-state index is 12.5. The summed E-state index contributed by atoms with van der Waals surface area (Å²) in [6, 6.07) is 19.4. The Kier molecular flexibility index (Phi) is 5.02. The molecule has 0 radical (unpaired) electrons. The lowest BCUT2D eigenvalue weighted by Crippen LogP contribution is -2.01. The summed E-state index contributed by atoms with van der Waals surface area (Å²) in [5.74, 6) is 0. The third-order valence-electron chi connectivity index (χ3n) is 4.63. The average molecular weight is 397 g/mol. The molecule has 0 saturated heterocycles. The molecule has 0 saturated carbocycles. The van der Waals surface area contributed by atoms with Crippen molar-refractivity contribution in [2.24, 2.45) is 0 Å². The third-order valence-corrected chi connectivity index (χ3v) is 5.80. The first kappa shape index (κ1) is 18.7. The second kappa shape index (κ2) is 7.78. The van der Waals surface area contributed by atoms with Crippen molar-refractivity contribution in [1.29, 1.82) is 0 Å². The first-order valence-electron chi connectivity index (χ1n) is 9.08. The van der Waals surface area contributed by atoms with Crippen molar-refractivity contribution in [3.05, 3.63) is 108 Å². The number of benzene rings is 2.